The van der Waals surface area contributed by atoms with Gasteiger partial charge in [0.2, 0.25) is 0 Å². The average molecular weight is 391 g/mol. The van der Waals surface area contributed by atoms with Crippen LogP contribution in [0.4, 0.5) is 13.2 Å². The molecule has 0 unspecified atom stereocenters. The second-order valence-corrected chi connectivity index (χ2v) is 7.69. The van der Waals surface area contributed by atoms with Crippen molar-refractivity contribution in [3.8, 4) is 0 Å². The number of hydrogen-bond donors (Lipinski definition) is 0. The molecular formula is C16H19BBrF3O2. The molecule has 0 radical (unpaired) electrons. The number of halogens is 4. The van der Waals surface area contributed by atoms with Gasteiger partial charge in [0.05, 0.1) is 11.2 Å². The van der Waals surface area contributed by atoms with E-state index in [-0.39, 0.29) is 5.56 Å². The molecule has 7 heteroatoms. The van der Waals surface area contributed by atoms with Gasteiger partial charge in [0, 0.05) is 17.0 Å². The van der Waals surface area contributed by atoms with E-state index in [0.717, 1.165) is 13.0 Å². The normalized spacial score (nSPS) is 20.9. The lowest BCUT2D eigenvalue weighted by molar-refractivity contribution is 0.00578. The molecule has 0 N–H and O–H groups in total. The Kier molecular flexibility index (Phi) is 4.79. The summed E-state index contributed by atoms with van der Waals surface area (Å²) in [4.78, 5) is 0. The molecule has 0 saturated carbocycles. The third kappa shape index (κ3) is 4.01. The van der Waals surface area contributed by atoms with Gasteiger partial charge in [0.15, 0.2) is 0 Å². The Labute approximate surface area is 143 Å². The van der Waals surface area contributed by atoms with E-state index in [9.17, 15) is 13.2 Å². The Hall–Kier alpha value is -0.785. The molecule has 2 rings (SSSR count). The largest absolute Gasteiger partial charge is 0.525 e. The van der Waals surface area contributed by atoms with E-state index in [0.29, 0.717) is 10.0 Å². The number of rotatable bonds is 3. The highest BCUT2D eigenvalue weighted by Gasteiger charge is 2.53. The summed E-state index contributed by atoms with van der Waals surface area (Å²) in [6.07, 6.45) is 1.15. The van der Waals surface area contributed by atoms with Gasteiger partial charge in [-0.25, -0.2) is 13.2 Å². The third-order valence-electron chi connectivity index (χ3n) is 4.21. The van der Waals surface area contributed by atoms with Crippen molar-refractivity contribution < 1.29 is 22.5 Å². The summed E-state index contributed by atoms with van der Waals surface area (Å²) in [5.74, 6) is -3.01. The molecule has 0 aromatic heterocycles. The zero-order chi connectivity index (χ0) is 17.6. The molecular weight excluding hydrogens is 372 g/mol. The van der Waals surface area contributed by atoms with Crippen LogP contribution in [0.2, 0.25) is 0 Å². The van der Waals surface area contributed by atoms with Crippen LogP contribution in [0.3, 0.4) is 0 Å². The van der Waals surface area contributed by atoms with Crippen LogP contribution in [0.5, 0.6) is 0 Å². The van der Waals surface area contributed by atoms with E-state index >= 15 is 0 Å². The molecule has 1 aromatic rings. The molecule has 1 saturated heterocycles. The quantitative estimate of drug-likeness (QED) is 0.634. The molecule has 0 spiro atoms. The van der Waals surface area contributed by atoms with Gasteiger partial charge in [-0.1, -0.05) is 15.9 Å². The maximum absolute atomic E-state index is 14.4. The van der Waals surface area contributed by atoms with Crippen molar-refractivity contribution in [3.05, 3.63) is 39.5 Å². The Morgan fingerprint density at radius 1 is 1.13 bits per heavy atom. The summed E-state index contributed by atoms with van der Waals surface area (Å²) >= 11 is 3.17. The predicted molar refractivity (Wildman–Crippen MR) is 88.9 cm³/mol. The van der Waals surface area contributed by atoms with E-state index in [1.807, 2.05) is 27.7 Å². The Morgan fingerprint density at radius 3 is 2.13 bits per heavy atom. The van der Waals surface area contributed by atoms with Crippen LogP contribution < -0.4 is 0 Å². The first kappa shape index (κ1) is 18.6. The molecule has 1 aliphatic rings. The minimum Gasteiger partial charge on any atom is -0.398 e. The fourth-order valence-electron chi connectivity index (χ4n) is 2.13. The predicted octanol–water partition coefficient (Wildman–Crippen LogP) is 5.50. The van der Waals surface area contributed by atoms with Gasteiger partial charge in [-0.15, -0.1) is 0 Å². The molecule has 2 nitrogen and oxygen atoms in total. The molecule has 0 bridgehead atoms. The Balaban J connectivity index is 2.31. The van der Waals surface area contributed by atoms with Gasteiger partial charge in [0.1, 0.15) is 5.73 Å². The van der Waals surface area contributed by atoms with Crippen molar-refractivity contribution in [1.29, 1.82) is 0 Å². The van der Waals surface area contributed by atoms with Crippen LogP contribution >= 0.6 is 15.9 Å². The van der Waals surface area contributed by atoms with Gasteiger partial charge >= 0.3 is 7.12 Å². The molecule has 0 amide bonds. The maximum atomic E-state index is 14.4. The van der Waals surface area contributed by atoms with E-state index in [4.69, 9.17) is 9.31 Å². The lowest BCUT2D eigenvalue weighted by Crippen LogP contribution is -2.41. The summed E-state index contributed by atoms with van der Waals surface area (Å²) in [5, 5.41) is 0. The molecule has 126 valence electrons. The van der Waals surface area contributed by atoms with Crippen molar-refractivity contribution in [3.63, 3.8) is 0 Å². The van der Waals surface area contributed by atoms with Gasteiger partial charge in [-0.05, 0) is 57.5 Å². The van der Waals surface area contributed by atoms with E-state index in [1.54, 1.807) is 6.07 Å². The summed E-state index contributed by atoms with van der Waals surface area (Å²) in [7, 11) is -1.15. The summed E-state index contributed by atoms with van der Waals surface area (Å²) in [6, 6.07) is 4.11. The zero-order valence-corrected chi connectivity index (χ0v) is 15.3. The van der Waals surface area contributed by atoms with Gasteiger partial charge in [-0.2, -0.15) is 0 Å². The monoisotopic (exact) mass is 390 g/mol. The average Bonchev–Trinajstić information content (AvgIpc) is 2.56. The van der Waals surface area contributed by atoms with Crippen molar-refractivity contribution in [2.24, 2.45) is 0 Å². The number of alkyl halides is 2. The Morgan fingerprint density at radius 2 is 1.65 bits per heavy atom. The van der Waals surface area contributed by atoms with Crippen molar-refractivity contribution in [2.75, 3.05) is 0 Å². The first-order valence-corrected chi connectivity index (χ1v) is 8.03. The third-order valence-corrected chi connectivity index (χ3v) is 4.67. The topological polar surface area (TPSA) is 18.5 Å². The van der Waals surface area contributed by atoms with E-state index in [1.165, 1.54) is 12.1 Å². The number of hydrogen-bond acceptors (Lipinski definition) is 2. The standard InChI is InChI=1S/C16H19BBrF3O2/c1-14(2)15(3,4)23-17(22-14)13(19)8-10-6-11(16(5,20)21)9-12(18)7-10/h6-9H,1-5H3. The van der Waals surface area contributed by atoms with E-state index in [2.05, 4.69) is 15.9 Å². The highest BCUT2D eigenvalue weighted by atomic mass is 79.9. The van der Waals surface area contributed by atoms with Crippen LogP contribution in [0.15, 0.2) is 28.4 Å². The first-order chi connectivity index (χ1) is 10.3. The zero-order valence-electron chi connectivity index (χ0n) is 13.7. The van der Waals surface area contributed by atoms with Crippen molar-refractivity contribution in [1.82, 2.24) is 0 Å². The minimum atomic E-state index is -3.01. The smallest absolute Gasteiger partial charge is 0.398 e. The lowest BCUT2D eigenvalue weighted by atomic mass is 9.86. The molecule has 0 aliphatic carbocycles. The van der Waals surface area contributed by atoms with E-state index < -0.39 is 30.0 Å². The molecule has 0 atom stereocenters. The minimum absolute atomic E-state index is 0.195. The summed E-state index contributed by atoms with van der Waals surface area (Å²) in [5.41, 5.74) is -1.88. The van der Waals surface area contributed by atoms with Crippen LogP contribution in [-0.4, -0.2) is 18.3 Å². The fourth-order valence-corrected chi connectivity index (χ4v) is 2.64. The van der Waals surface area contributed by atoms with Crippen LogP contribution in [0.1, 0.15) is 45.7 Å². The van der Waals surface area contributed by atoms with Gasteiger partial charge in [-0.3, -0.25) is 0 Å². The highest BCUT2D eigenvalue weighted by molar-refractivity contribution is 9.10. The van der Waals surface area contributed by atoms with Crippen molar-refractivity contribution >= 4 is 29.1 Å². The Bertz CT molecular complexity index is 623. The van der Waals surface area contributed by atoms with Crippen LogP contribution in [0, 0.1) is 0 Å². The van der Waals surface area contributed by atoms with Crippen LogP contribution in [0.25, 0.3) is 6.08 Å². The summed E-state index contributed by atoms with van der Waals surface area (Å²) < 4.78 is 53.0. The second-order valence-electron chi connectivity index (χ2n) is 6.78. The lowest BCUT2D eigenvalue weighted by Gasteiger charge is -2.32. The number of benzene rings is 1. The highest BCUT2D eigenvalue weighted by Crippen LogP contribution is 2.39. The molecule has 23 heavy (non-hydrogen) atoms. The SMILES string of the molecule is CC(F)(F)c1cc(Br)cc(C=C(F)B2OC(C)(C)C(C)(C)O2)c1. The van der Waals surface area contributed by atoms with Gasteiger partial charge < -0.3 is 9.31 Å². The molecule has 1 fully saturated rings. The molecule has 1 aromatic carbocycles. The molecule has 1 aliphatic heterocycles. The van der Waals surface area contributed by atoms with Crippen LogP contribution in [-0.2, 0) is 15.2 Å². The molecule has 1 heterocycles. The fraction of sp³-hybridized carbons (Fsp3) is 0.500. The summed E-state index contributed by atoms with van der Waals surface area (Å²) in [6.45, 7) is 8.06. The first-order valence-electron chi connectivity index (χ1n) is 7.23. The maximum Gasteiger partial charge on any atom is 0.525 e. The second kappa shape index (κ2) is 5.94. The van der Waals surface area contributed by atoms with Gasteiger partial charge in [0.25, 0.3) is 5.92 Å². The van der Waals surface area contributed by atoms with Crippen molar-refractivity contribution in [2.45, 2.75) is 51.7 Å².